The zero-order valence-electron chi connectivity index (χ0n) is 13.8. The normalized spacial score (nSPS) is 12.4. The molecule has 2 N–H and O–H groups in total. The van der Waals surface area contributed by atoms with Gasteiger partial charge in [-0.05, 0) is 24.3 Å². The summed E-state index contributed by atoms with van der Waals surface area (Å²) in [7, 11) is 0. The Morgan fingerprint density at radius 1 is 1.22 bits per heavy atom. The zero-order chi connectivity index (χ0) is 19.0. The Bertz CT molecular complexity index is 1090. The predicted octanol–water partition coefficient (Wildman–Crippen LogP) is 3.94. The van der Waals surface area contributed by atoms with Gasteiger partial charge in [-0.15, -0.1) is 0 Å². The van der Waals surface area contributed by atoms with Crippen molar-refractivity contribution in [2.24, 2.45) is 0 Å². The minimum atomic E-state index is -0.472. The highest BCUT2D eigenvalue weighted by atomic mass is 35.5. The minimum Gasteiger partial charge on any atom is -0.325 e. The molecule has 8 nitrogen and oxygen atoms in total. The molecule has 2 heterocycles. The van der Waals surface area contributed by atoms with Crippen LogP contribution in [0.5, 0.6) is 0 Å². The van der Waals surface area contributed by atoms with Gasteiger partial charge in [0.05, 0.1) is 22.7 Å². The molecule has 1 amide bonds. The van der Waals surface area contributed by atoms with Crippen LogP contribution in [0.4, 0.5) is 23.0 Å². The number of fused-ring (bicyclic) bond motifs is 3. The lowest BCUT2D eigenvalue weighted by Gasteiger charge is -2.10. The van der Waals surface area contributed by atoms with Crippen molar-refractivity contribution in [3.05, 3.63) is 69.4 Å². The van der Waals surface area contributed by atoms with Crippen LogP contribution in [0.15, 0.2) is 48.7 Å². The Morgan fingerprint density at radius 3 is 2.89 bits per heavy atom. The van der Waals surface area contributed by atoms with Crippen molar-refractivity contribution in [3.8, 4) is 11.3 Å². The first-order valence-corrected chi connectivity index (χ1v) is 8.34. The smallest absolute Gasteiger partial charge is 0.271 e. The lowest BCUT2D eigenvalue weighted by Crippen LogP contribution is -2.12. The number of non-ortho nitro benzene ring substituents is 1. The van der Waals surface area contributed by atoms with Crippen molar-refractivity contribution in [1.29, 1.82) is 0 Å². The van der Waals surface area contributed by atoms with Gasteiger partial charge in [-0.1, -0.05) is 17.7 Å². The summed E-state index contributed by atoms with van der Waals surface area (Å²) in [6.45, 7) is 0. The largest absolute Gasteiger partial charge is 0.325 e. The van der Waals surface area contributed by atoms with E-state index in [0.717, 1.165) is 5.56 Å². The Labute approximate surface area is 158 Å². The molecule has 1 aliphatic rings. The number of nitrogens with one attached hydrogen (secondary N) is 2. The van der Waals surface area contributed by atoms with Crippen molar-refractivity contribution < 1.29 is 9.72 Å². The maximum absolute atomic E-state index is 12.1. The summed E-state index contributed by atoms with van der Waals surface area (Å²) in [6.07, 6.45) is 1.71. The molecule has 0 fully saturated rings. The van der Waals surface area contributed by atoms with Gasteiger partial charge in [0.15, 0.2) is 0 Å². The molecular weight excluding hydrogens is 370 g/mol. The zero-order valence-corrected chi connectivity index (χ0v) is 14.5. The Balaban J connectivity index is 1.75. The minimum absolute atomic E-state index is 0.0375. The molecule has 0 atom stereocenters. The van der Waals surface area contributed by atoms with Crippen molar-refractivity contribution in [2.45, 2.75) is 6.42 Å². The van der Waals surface area contributed by atoms with E-state index in [1.165, 1.54) is 12.1 Å². The van der Waals surface area contributed by atoms with E-state index in [1.807, 2.05) is 0 Å². The molecule has 3 aromatic rings. The van der Waals surface area contributed by atoms with Crippen molar-refractivity contribution in [1.82, 2.24) is 9.97 Å². The molecule has 0 bridgehead atoms. The number of rotatable bonds is 3. The number of nitrogens with zero attached hydrogens (tertiary/aromatic N) is 3. The first-order valence-electron chi connectivity index (χ1n) is 7.97. The summed E-state index contributed by atoms with van der Waals surface area (Å²) in [4.78, 5) is 31.3. The molecule has 0 unspecified atom stereocenters. The van der Waals surface area contributed by atoms with Gasteiger partial charge < -0.3 is 10.6 Å². The molecule has 0 spiro atoms. The summed E-state index contributed by atoms with van der Waals surface area (Å²) < 4.78 is 0. The summed E-state index contributed by atoms with van der Waals surface area (Å²) >= 11 is 6.03. The van der Waals surface area contributed by atoms with E-state index in [2.05, 4.69) is 20.6 Å². The third-order valence-corrected chi connectivity index (χ3v) is 4.27. The number of nitro groups is 1. The van der Waals surface area contributed by atoms with Crippen molar-refractivity contribution >= 4 is 40.5 Å². The number of hydrogen-bond donors (Lipinski definition) is 2. The molecule has 0 saturated heterocycles. The number of benzene rings is 2. The fraction of sp³-hybridized carbons (Fsp3) is 0.0556. The van der Waals surface area contributed by atoms with E-state index in [9.17, 15) is 14.9 Å². The van der Waals surface area contributed by atoms with Gasteiger partial charge in [-0.2, -0.15) is 0 Å². The monoisotopic (exact) mass is 381 g/mol. The Hall–Kier alpha value is -3.52. The standard InChI is InChI=1S/C18H12ClN5O3/c19-11-4-5-14-15(7-11)22-16(25)6-10-9-20-18(23-17(10)14)21-12-2-1-3-13(8-12)24(26)27/h1-5,7-9H,6H2,(H,22,25)(H,20,21,23). The van der Waals surface area contributed by atoms with Crippen LogP contribution in [0, 0.1) is 10.1 Å². The van der Waals surface area contributed by atoms with E-state index in [4.69, 9.17) is 11.6 Å². The Kier molecular flexibility index (Phi) is 4.17. The Morgan fingerprint density at radius 2 is 2.07 bits per heavy atom. The van der Waals surface area contributed by atoms with Gasteiger partial charge >= 0.3 is 0 Å². The fourth-order valence-electron chi connectivity index (χ4n) is 2.85. The molecule has 0 aliphatic carbocycles. The average Bonchev–Trinajstić information content (AvgIpc) is 2.76. The quantitative estimate of drug-likeness (QED) is 0.525. The van der Waals surface area contributed by atoms with Gasteiger partial charge in [-0.25, -0.2) is 9.97 Å². The van der Waals surface area contributed by atoms with E-state index < -0.39 is 4.92 Å². The van der Waals surface area contributed by atoms with Crippen LogP contribution in [-0.2, 0) is 11.2 Å². The maximum atomic E-state index is 12.1. The van der Waals surface area contributed by atoms with Crippen LogP contribution < -0.4 is 10.6 Å². The molecule has 134 valence electrons. The van der Waals surface area contributed by atoms with Crippen molar-refractivity contribution in [3.63, 3.8) is 0 Å². The number of nitro benzene ring substituents is 1. The first kappa shape index (κ1) is 16.9. The van der Waals surface area contributed by atoms with Crippen LogP contribution in [0.3, 0.4) is 0 Å². The maximum Gasteiger partial charge on any atom is 0.271 e. The number of aromatic nitrogens is 2. The topological polar surface area (TPSA) is 110 Å². The number of halogens is 1. The average molecular weight is 382 g/mol. The molecule has 0 saturated carbocycles. The predicted molar refractivity (Wildman–Crippen MR) is 101 cm³/mol. The van der Waals surface area contributed by atoms with Crippen LogP contribution in [0.1, 0.15) is 5.56 Å². The first-order chi connectivity index (χ1) is 13.0. The molecule has 27 heavy (non-hydrogen) atoms. The second-order valence-electron chi connectivity index (χ2n) is 5.91. The summed E-state index contributed by atoms with van der Waals surface area (Å²) in [5.41, 5.74) is 3.03. The van der Waals surface area contributed by atoms with Gasteiger partial charge in [0.1, 0.15) is 0 Å². The third kappa shape index (κ3) is 3.42. The third-order valence-electron chi connectivity index (χ3n) is 4.04. The van der Waals surface area contributed by atoms with Crippen LogP contribution in [-0.4, -0.2) is 20.8 Å². The van der Waals surface area contributed by atoms with Gasteiger partial charge in [0, 0.05) is 40.2 Å². The second kappa shape index (κ2) is 6.65. The highest BCUT2D eigenvalue weighted by Gasteiger charge is 2.21. The lowest BCUT2D eigenvalue weighted by atomic mass is 10.1. The van der Waals surface area contributed by atoms with E-state index in [0.29, 0.717) is 27.7 Å². The van der Waals surface area contributed by atoms with Crippen molar-refractivity contribution in [2.75, 3.05) is 10.6 Å². The van der Waals surface area contributed by atoms with Gasteiger partial charge in [0.25, 0.3) is 5.69 Å². The molecule has 1 aliphatic heterocycles. The van der Waals surface area contributed by atoms with Crippen LogP contribution >= 0.6 is 11.6 Å². The number of anilines is 3. The number of amides is 1. The van der Waals surface area contributed by atoms with Gasteiger partial charge in [0.2, 0.25) is 11.9 Å². The van der Waals surface area contributed by atoms with Crippen LogP contribution in [0.25, 0.3) is 11.3 Å². The molecule has 9 heteroatoms. The number of hydrogen-bond acceptors (Lipinski definition) is 6. The molecular formula is C18H12ClN5O3. The van der Waals surface area contributed by atoms with E-state index in [1.54, 1.807) is 36.5 Å². The fourth-order valence-corrected chi connectivity index (χ4v) is 3.02. The SMILES string of the molecule is O=C1Cc2cnc(Nc3cccc([N+](=O)[O-])c3)nc2-c2ccc(Cl)cc2N1. The molecule has 2 aromatic carbocycles. The summed E-state index contributed by atoms with van der Waals surface area (Å²) in [5, 5.41) is 17.2. The van der Waals surface area contributed by atoms with Gasteiger partial charge in [-0.3, -0.25) is 14.9 Å². The van der Waals surface area contributed by atoms with Crippen LogP contribution in [0.2, 0.25) is 5.02 Å². The highest BCUT2D eigenvalue weighted by Crippen LogP contribution is 2.35. The number of carbonyl (C=O) groups excluding carboxylic acids is 1. The summed E-state index contributed by atoms with van der Waals surface area (Å²) in [6, 6.07) is 11.2. The van der Waals surface area contributed by atoms with E-state index in [-0.39, 0.29) is 24.0 Å². The molecule has 1 aromatic heterocycles. The molecule has 4 rings (SSSR count). The second-order valence-corrected chi connectivity index (χ2v) is 6.35. The molecule has 0 radical (unpaired) electrons. The number of carbonyl (C=O) groups is 1. The highest BCUT2D eigenvalue weighted by molar-refractivity contribution is 6.31. The lowest BCUT2D eigenvalue weighted by molar-refractivity contribution is -0.384. The van der Waals surface area contributed by atoms with E-state index >= 15 is 0 Å². The summed E-state index contributed by atoms with van der Waals surface area (Å²) in [5.74, 6) is 0.0877.